The Hall–Kier alpha value is -0.120. The SMILES string of the molecule is CC(C)N(C)CCOCCN(C(C)C)C(C)C. The third-order valence-corrected chi connectivity index (χ3v) is 3.29. The fourth-order valence-corrected chi connectivity index (χ4v) is 1.85. The summed E-state index contributed by atoms with van der Waals surface area (Å²) in [5.74, 6) is 0. The van der Waals surface area contributed by atoms with E-state index >= 15 is 0 Å². The Morgan fingerprint density at radius 3 is 1.65 bits per heavy atom. The zero-order valence-electron chi connectivity index (χ0n) is 12.9. The van der Waals surface area contributed by atoms with Gasteiger partial charge in [0.05, 0.1) is 13.2 Å². The first-order valence-electron chi connectivity index (χ1n) is 6.90. The van der Waals surface area contributed by atoms with Crippen LogP contribution in [0.1, 0.15) is 41.5 Å². The lowest BCUT2D eigenvalue weighted by atomic mass is 10.2. The first-order valence-corrected chi connectivity index (χ1v) is 6.90. The minimum atomic E-state index is 0.594. The number of ether oxygens (including phenoxy) is 1. The Morgan fingerprint density at radius 2 is 1.24 bits per heavy atom. The zero-order chi connectivity index (χ0) is 13.4. The number of nitrogens with zero attached hydrogens (tertiary/aromatic N) is 2. The molecule has 0 saturated heterocycles. The minimum Gasteiger partial charge on any atom is -0.379 e. The van der Waals surface area contributed by atoms with Crippen LogP contribution < -0.4 is 0 Å². The highest BCUT2D eigenvalue weighted by molar-refractivity contribution is 4.66. The highest BCUT2D eigenvalue weighted by Crippen LogP contribution is 2.04. The Balaban J connectivity index is 3.62. The number of rotatable bonds is 9. The van der Waals surface area contributed by atoms with E-state index in [0.29, 0.717) is 18.1 Å². The van der Waals surface area contributed by atoms with Crippen molar-refractivity contribution in [2.75, 3.05) is 33.4 Å². The van der Waals surface area contributed by atoms with Crippen molar-refractivity contribution in [3.8, 4) is 0 Å². The van der Waals surface area contributed by atoms with E-state index < -0.39 is 0 Å². The molecule has 0 radical (unpaired) electrons. The molecule has 3 heteroatoms. The summed E-state index contributed by atoms with van der Waals surface area (Å²) in [5, 5.41) is 0. The van der Waals surface area contributed by atoms with Crippen LogP contribution in [0, 0.1) is 0 Å². The Morgan fingerprint density at radius 1 is 0.765 bits per heavy atom. The third kappa shape index (κ3) is 7.74. The standard InChI is InChI=1S/C14H32N2O/c1-12(2)15(7)8-10-17-11-9-16(13(3)4)14(5)6/h12-14H,8-11H2,1-7H3. The summed E-state index contributed by atoms with van der Waals surface area (Å²) in [6.07, 6.45) is 0. The van der Waals surface area contributed by atoms with Crippen molar-refractivity contribution in [1.82, 2.24) is 9.80 Å². The van der Waals surface area contributed by atoms with Crippen molar-refractivity contribution in [3.63, 3.8) is 0 Å². The van der Waals surface area contributed by atoms with Crippen molar-refractivity contribution >= 4 is 0 Å². The maximum absolute atomic E-state index is 5.70. The van der Waals surface area contributed by atoms with Gasteiger partial charge >= 0.3 is 0 Å². The van der Waals surface area contributed by atoms with Crippen molar-refractivity contribution in [1.29, 1.82) is 0 Å². The molecule has 0 bridgehead atoms. The monoisotopic (exact) mass is 244 g/mol. The van der Waals surface area contributed by atoms with Crippen molar-refractivity contribution in [2.24, 2.45) is 0 Å². The maximum Gasteiger partial charge on any atom is 0.0594 e. The quantitative estimate of drug-likeness (QED) is 0.580. The molecular weight excluding hydrogens is 212 g/mol. The molecule has 0 N–H and O–H groups in total. The normalized spacial score (nSPS) is 12.7. The van der Waals surface area contributed by atoms with Crippen molar-refractivity contribution in [3.05, 3.63) is 0 Å². The second-order valence-corrected chi connectivity index (χ2v) is 5.61. The molecule has 0 aromatic rings. The van der Waals surface area contributed by atoms with Gasteiger partial charge in [0.25, 0.3) is 0 Å². The average molecular weight is 244 g/mol. The van der Waals surface area contributed by atoms with Crippen LogP contribution >= 0.6 is 0 Å². The zero-order valence-corrected chi connectivity index (χ0v) is 12.9. The summed E-state index contributed by atoms with van der Waals surface area (Å²) in [6, 6.07) is 1.79. The van der Waals surface area contributed by atoms with Crippen LogP contribution in [0.25, 0.3) is 0 Å². The molecule has 0 aromatic carbocycles. The third-order valence-electron chi connectivity index (χ3n) is 3.29. The van der Waals surface area contributed by atoms with E-state index in [0.717, 1.165) is 26.3 Å². The van der Waals surface area contributed by atoms with E-state index in [-0.39, 0.29) is 0 Å². The molecule has 0 fully saturated rings. The van der Waals surface area contributed by atoms with E-state index in [1.54, 1.807) is 0 Å². The summed E-state index contributed by atoms with van der Waals surface area (Å²) in [6.45, 7) is 17.1. The van der Waals surface area contributed by atoms with Crippen LogP contribution in [0.4, 0.5) is 0 Å². The summed E-state index contributed by atoms with van der Waals surface area (Å²) in [7, 11) is 2.14. The van der Waals surface area contributed by atoms with Gasteiger partial charge in [0, 0.05) is 31.2 Å². The summed E-state index contributed by atoms with van der Waals surface area (Å²) in [4.78, 5) is 4.77. The smallest absolute Gasteiger partial charge is 0.0594 e. The van der Waals surface area contributed by atoms with Crippen LogP contribution in [0.3, 0.4) is 0 Å². The van der Waals surface area contributed by atoms with E-state index in [4.69, 9.17) is 4.74 Å². The van der Waals surface area contributed by atoms with Gasteiger partial charge in [-0.25, -0.2) is 0 Å². The molecule has 3 nitrogen and oxygen atoms in total. The Bertz CT molecular complexity index is 173. The highest BCUT2D eigenvalue weighted by atomic mass is 16.5. The van der Waals surface area contributed by atoms with Gasteiger partial charge < -0.3 is 9.64 Å². The van der Waals surface area contributed by atoms with Crippen molar-refractivity contribution in [2.45, 2.75) is 59.7 Å². The van der Waals surface area contributed by atoms with Crippen LogP contribution in [0.5, 0.6) is 0 Å². The fraction of sp³-hybridized carbons (Fsp3) is 1.00. The molecule has 0 unspecified atom stereocenters. The van der Waals surface area contributed by atoms with Crippen LogP contribution in [-0.2, 0) is 4.74 Å². The Labute approximate surface area is 108 Å². The first-order chi connectivity index (χ1) is 7.86. The van der Waals surface area contributed by atoms with E-state index in [1.807, 2.05) is 0 Å². The number of hydrogen-bond donors (Lipinski definition) is 0. The van der Waals surface area contributed by atoms with Gasteiger partial charge in [0.1, 0.15) is 0 Å². The van der Waals surface area contributed by atoms with Crippen molar-refractivity contribution < 1.29 is 4.74 Å². The van der Waals surface area contributed by atoms with Gasteiger partial charge in [0.15, 0.2) is 0 Å². The molecule has 0 saturated carbocycles. The minimum absolute atomic E-state index is 0.594. The van der Waals surface area contributed by atoms with E-state index in [1.165, 1.54) is 0 Å². The Kier molecular flexibility index (Phi) is 8.83. The predicted octanol–water partition coefficient (Wildman–Crippen LogP) is 2.46. The topological polar surface area (TPSA) is 15.7 Å². The first kappa shape index (κ1) is 16.9. The summed E-state index contributed by atoms with van der Waals surface area (Å²) < 4.78 is 5.70. The molecule has 0 heterocycles. The molecule has 0 rings (SSSR count). The van der Waals surface area contributed by atoms with Gasteiger partial charge in [-0.3, -0.25) is 4.90 Å². The molecule has 104 valence electrons. The highest BCUT2D eigenvalue weighted by Gasteiger charge is 2.12. The number of hydrogen-bond acceptors (Lipinski definition) is 3. The fourth-order valence-electron chi connectivity index (χ4n) is 1.85. The molecule has 0 atom stereocenters. The van der Waals surface area contributed by atoms with Crippen LogP contribution in [0.2, 0.25) is 0 Å². The van der Waals surface area contributed by atoms with Crippen LogP contribution in [0.15, 0.2) is 0 Å². The van der Waals surface area contributed by atoms with E-state index in [9.17, 15) is 0 Å². The molecule has 0 aliphatic heterocycles. The molecular formula is C14H32N2O. The van der Waals surface area contributed by atoms with E-state index in [2.05, 4.69) is 58.4 Å². The lowest BCUT2D eigenvalue weighted by Crippen LogP contribution is -2.39. The molecule has 0 spiro atoms. The second kappa shape index (κ2) is 8.90. The van der Waals surface area contributed by atoms with Gasteiger partial charge in [0.2, 0.25) is 0 Å². The molecule has 17 heavy (non-hydrogen) atoms. The molecule has 0 amide bonds. The lowest BCUT2D eigenvalue weighted by Gasteiger charge is -2.30. The van der Waals surface area contributed by atoms with Gasteiger partial charge in [-0.2, -0.15) is 0 Å². The molecule has 0 aliphatic rings. The number of likely N-dealkylation sites (N-methyl/N-ethyl adjacent to an activating group) is 1. The molecule has 0 aromatic heterocycles. The van der Waals surface area contributed by atoms with Gasteiger partial charge in [-0.05, 0) is 48.6 Å². The summed E-state index contributed by atoms with van der Waals surface area (Å²) in [5.41, 5.74) is 0. The summed E-state index contributed by atoms with van der Waals surface area (Å²) >= 11 is 0. The van der Waals surface area contributed by atoms with Gasteiger partial charge in [-0.1, -0.05) is 0 Å². The average Bonchev–Trinajstić information content (AvgIpc) is 2.21. The predicted molar refractivity (Wildman–Crippen MR) is 75.6 cm³/mol. The van der Waals surface area contributed by atoms with Crippen LogP contribution in [-0.4, -0.2) is 61.3 Å². The second-order valence-electron chi connectivity index (χ2n) is 5.61. The largest absolute Gasteiger partial charge is 0.379 e. The molecule has 0 aliphatic carbocycles. The van der Waals surface area contributed by atoms with Gasteiger partial charge in [-0.15, -0.1) is 0 Å². The maximum atomic E-state index is 5.70. The lowest BCUT2D eigenvalue weighted by molar-refractivity contribution is 0.0646.